The van der Waals surface area contributed by atoms with Crippen molar-refractivity contribution < 1.29 is 39.6 Å². The van der Waals surface area contributed by atoms with E-state index in [1.807, 2.05) is 6.92 Å². The molecule has 10 nitrogen and oxygen atoms in total. The lowest BCUT2D eigenvalue weighted by atomic mass is 9.57. The Balaban J connectivity index is 2.02. The third-order valence-corrected chi connectivity index (χ3v) is 7.57. The number of benzene rings is 1. The van der Waals surface area contributed by atoms with Gasteiger partial charge in [-0.15, -0.1) is 0 Å². The Morgan fingerprint density at radius 2 is 1.83 bits per heavy atom. The van der Waals surface area contributed by atoms with E-state index in [1.54, 1.807) is 20.2 Å². The number of amides is 1. The Bertz CT molecular complexity index is 1270. The highest BCUT2D eigenvalue weighted by atomic mass is 16.3. The van der Waals surface area contributed by atoms with Crippen LogP contribution < -0.4 is 5.73 Å². The standard InChI is InChI=1S/C25H28N2O8/c1-5-10-6-12(9(2)28)19(29)16-13(10)7-11-8-14-18(27(3)4)21(31)17(24(26)34)23(33)25(14,35)22(32)15(11)20(16)30/h6,11,14,18,29-30,33,35H,5,7-8H2,1-4H3,(H2,26,34)/t11-,14-,18-,25-/m1/s1. The molecule has 1 aromatic carbocycles. The van der Waals surface area contributed by atoms with Gasteiger partial charge in [0.05, 0.1) is 17.2 Å². The molecule has 186 valence electrons. The lowest BCUT2D eigenvalue weighted by Crippen LogP contribution is -2.65. The zero-order valence-corrected chi connectivity index (χ0v) is 19.9. The first kappa shape index (κ1) is 24.6. The number of hydrogen-bond donors (Lipinski definition) is 5. The van der Waals surface area contributed by atoms with Gasteiger partial charge in [-0.25, -0.2) is 0 Å². The first-order chi connectivity index (χ1) is 16.3. The second-order valence-corrected chi connectivity index (χ2v) is 9.66. The van der Waals surface area contributed by atoms with Crippen molar-refractivity contribution in [2.24, 2.45) is 17.6 Å². The van der Waals surface area contributed by atoms with Crippen LogP contribution in [0.4, 0.5) is 0 Å². The summed E-state index contributed by atoms with van der Waals surface area (Å²) in [5, 5.41) is 44.5. The summed E-state index contributed by atoms with van der Waals surface area (Å²) in [5.41, 5.74) is 2.73. The topological polar surface area (TPSA) is 178 Å². The number of carbonyl (C=O) groups is 4. The summed E-state index contributed by atoms with van der Waals surface area (Å²) >= 11 is 0. The van der Waals surface area contributed by atoms with E-state index in [9.17, 15) is 39.6 Å². The number of nitrogens with two attached hydrogens (primary N) is 1. The van der Waals surface area contributed by atoms with Crippen molar-refractivity contribution in [3.05, 3.63) is 45.2 Å². The van der Waals surface area contributed by atoms with Crippen molar-refractivity contribution in [3.63, 3.8) is 0 Å². The van der Waals surface area contributed by atoms with Crippen LogP contribution in [0, 0.1) is 11.8 Å². The molecule has 0 saturated heterocycles. The number of rotatable bonds is 4. The molecule has 0 spiro atoms. The quantitative estimate of drug-likeness (QED) is 0.304. The summed E-state index contributed by atoms with van der Waals surface area (Å²) in [5.74, 6) is -7.58. The van der Waals surface area contributed by atoms with Crippen molar-refractivity contribution in [2.75, 3.05) is 14.1 Å². The number of hydrogen-bond acceptors (Lipinski definition) is 9. The van der Waals surface area contributed by atoms with Crippen LogP contribution in [0.15, 0.2) is 23.0 Å². The zero-order valence-electron chi connectivity index (χ0n) is 19.9. The minimum atomic E-state index is -2.69. The van der Waals surface area contributed by atoms with Crippen LogP contribution in [0.5, 0.6) is 5.75 Å². The number of nitrogens with zero attached hydrogens (tertiary/aromatic N) is 1. The molecule has 0 aromatic heterocycles. The number of aryl methyl sites for hydroxylation is 1. The average Bonchev–Trinajstić information content (AvgIpc) is 2.75. The molecule has 35 heavy (non-hydrogen) atoms. The molecular formula is C25H28N2O8. The molecule has 0 radical (unpaired) electrons. The van der Waals surface area contributed by atoms with Gasteiger partial charge in [-0.2, -0.15) is 0 Å². The van der Waals surface area contributed by atoms with E-state index in [4.69, 9.17) is 5.73 Å². The lowest BCUT2D eigenvalue weighted by Gasteiger charge is -2.50. The monoisotopic (exact) mass is 484 g/mol. The largest absolute Gasteiger partial charge is 0.508 e. The molecule has 0 unspecified atom stereocenters. The van der Waals surface area contributed by atoms with Gasteiger partial charge in [0, 0.05) is 11.5 Å². The van der Waals surface area contributed by atoms with Crippen LogP contribution in [-0.4, -0.2) is 74.3 Å². The van der Waals surface area contributed by atoms with E-state index < -0.39 is 69.6 Å². The predicted octanol–water partition coefficient (Wildman–Crippen LogP) is 0.729. The number of phenolic OH excluding ortho intramolecular Hbond substituents is 1. The fourth-order valence-electron chi connectivity index (χ4n) is 5.97. The highest BCUT2D eigenvalue weighted by molar-refractivity contribution is 6.24. The Morgan fingerprint density at radius 3 is 2.34 bits per heavy atom. The number of carbonyl (C=O) groups excluding carboxylic acids is 4. The number of primary amides is 1. The molecule has 4 rings (SSSR count). The summed E-state index contributed by atoms with van der Waals surface area (Å²) < 4.78 is 0. The SMILES string of the molecule is CCc1cc(C(C)=O)c(O)c2c1C[C@@H]1C[C@@H]3[C@@H](N(C)C)C(=O)C(C(N)=O)=C(O)[C@]3(O)C(=O)C1=C2O. The molecule has 6 N–H and O–H groups in total. The summed E-state index contributed by atoms with van der Waals surface area (Å²) in [6, 6.07) is 0.433. The Hall–Kier alpha value is -3.50. The van der Waals surface area contributed by atoms with Crippen LogP contribution in [0.25, 0.3) is 5.76 Å². The second kappa shape index (κ2) is 8.03. The summed E-state index contributed by atoms with van der Waals surface area (Å²) in [7, 11) is 3.09. The normalized spacial score (nSPS) is 28.1. The maximum Gasteiger partial charge on any atom is 0.255 e. The van der Waals surface area contributed by atoms with Crippen LogP contribution in [0.3, 0.4) is 0 Å². The number of fused-ring (bicyclic) bond motifs is 3. The van der Waals surface area contributed by atoms with Crippen molar-refractivity contribution in [1.82, 2.24) is 4.90 Å². The van der Waals surface area contributed by atoms with Gasteiger partial charge >= 0.3 is 0 Å². The Kier molecular flexibility index (Phi) is 5.65. The van der Waals surface area contributed by atoms with Gasteiger partial charge in [0.1, 0.15) is 22.8 Å². The zero-order chi connectivity index (χ0) is 26.1. The summed E-state index contributed by atoms with van der Waals surface area (Å²) in [6.07, 6.45) is 0.706. The van der Waals surface area contributed by atoms with E-state index in [-0.39, 0.29) is 29.5 Å². The van der Waals surface area contributed by atoms with Gasteiger partial charge in [0.2, 0.25) is 5.78 Å². The van der Waals surface area contributed by atoms with E-state index >= 15 is 0 Å². The molecule has 3 aliphatic carbocycles. The van der Waals surface area contributed by atoms with E-state index in [1.165, 1.54) is 11.8 Å². The third kappa shape index (κ3) is 3.16. The smallest absolute Gasteiger partial charge is 0.255 e. The molecular weight excluding hydrogens is 456 g/mol. The highest BCUT2D eigenvalue weighted by Gasteiger charge is 2.64. The molecule has 4 atom stereocenters. The van der Waals surface area contributed by atoms with Gasteiger partial charge in [-0.3, -0.25) is 24.1 Å². The van der Waals surface area contributed by atoms with Gasteiger partial charge in [0.15, 0.2) is 17.2 Å². The number of phenols is 1. The second-order valence-electron chi connectivity index (χ2n) is 9.66. The van der Waals surface area contributed by atoms with Crippen LogP contribution >= 0.6 is 0 Å². The van der Waals surface area contributed by atoms with Crippen LogP contribution in [-0.2, 0) is 27.2 Å². The molecule has 10 heteroatoms. The minimum absolute atomic E-state index is 0.0132. The summed E-state index contributed by atoms with van der Waals surface area (Å²) in [6.45, 7) is 3.12. The van der Waals surface area contributed by atoms with Gasteiger partial charge < -0.3 is 26.2 Å². The molecule has 1 amide bonds. The maximum atomic E-state index is 13.8. The number of likely N-dealkylation sites (N-methyl/N-ethyl adjacent to an activating group) is 1. The van der Waals surface area contributed by atoms with Crippen molar-refractivity contribution >= 4 is 29.0 Å². The Morgan fingerprint density at radius 1 is 1.20 bits per heavy atom. The van der Waals surface area contributed by atoms with Gasteiger partial charge in [0.25, 0.3) is 5.91 Å². The van der Waals surface area contributed by atoms with Crippen LogP contribution in [0.1, 0.15) is 47.3 Å². The predicted molar refractivity (Wildman–Crippen MR) is 124 cm³/mol. The number of aliphatic hydroxyl groups is 3. The number of aliphatic hydroxyl groups excluding tert-OH is 2. The summed E-state index contributed by atoms with van der Waals surface area (Å²) in [4.78, 5) is 52.4. The third-order valence-electron chi connectivity index (χ3n) is 7.57. The highest BCUT2D eigenvalue weighted by Crippen LogP contribution is 2.53. The number of Topliss-reactive ketones (excluding diaryl/α,β-unsaturated/α-hetero) is 3. The first-order valence-corrected chi connectivity index (χ1v) is 11.3. The molecule has 0 bridgehead atoms. The van der Waals surface area contributed by atoms with Gasteiger partial charge in [-0.1, -0.05) is 6.92 Å². The molecule has 1 aromatic rings. The maximum absolute atomic E-state index is 13.8. The fraction of sp³-hybridized carbons (Fsp3) is 0.440. The molecule has 1 saturated carbocycles. The van der Waals surface area contributed by atoms with Gasteiger partial charge in [-0.05, 0) is 63.4 Å². The molecule has 0 heterocycles. The van der Waals surface area contributed by atoms with Crippen molar-refractivity contribution in [2.45, 2.75) is 44.8 Å². The van der Waals surface area contributed by atoms with E-state index in [0.29, 0.717) is 17.5 Å². The van der Waals surface area contributed by atoms with Crippen molar-refractivity contribution in [3.8, 4) is 5.75 Å². The Labute approximate surface area is 201 Å². The van der Waals surface area contributed by atoms with E-state index in [0.717, 1.165) is 0 Å². The molecule has 1 fully saturated rings. The van der Waals surface area contributed by atoms with Crippen molar-refractivity contribution in [1.29, 1.82) is 0 Å². The first-order valence-electron chi connectivity index (χ1n) is 11.3. The number of ketones is 3. The molecule has 0 aliphatic heterocycles. The lowest BCUT2D eigenvalue weighted by molar-refractivity contribution is -0.153. The fourth-order valence-corrected chi connectivity index (χ4v) is 5.97. The molecule has 3 aliphatic rings. The number of aromatic hydroxyl groups is 1. The van der Waals surface area contributed by atoms with Crippen LogP contribution in [0.2, 0.25) is 0 Å². The minimum Gasteiger partial charge on any atom is -0.508 e. The average molecular weight is 485 g/mol. The van der Waals surface area contributed by atoms with E-state index in [2.05, 4.69) is 0 Å².